The molecular weight excluding hydrogens is 567 g/mol. The minimum Gasteiger partial charge on any atom is -0.302 e. The molecule has 0 aliphatic rings. The van der Waals surface area contributed by atoms with Crippen LogP contribution in [-0.2, 0) is 0 Å². The Bertz CT molecular complexity index is 720. The summed E-state index contributed by atoms with van der Waals surface area (Å²) in [6.07, 6.45) is 20.7. The van der Waals surface area contributed by atoms with Gasteiger partial charge in [0.2, 0.25) is 0 Å². The van der Waals surface area contributed by atoms with Crippen LogP contribution in [0.3, 0.4) is 0 Å². The summed E-state index contributed by atoms with van der Waals surface area (Å²) in [6.45, 7) is 54.1. The molecule has 0 aliphatic carbocycles. The van der Waals surface area contributed by atoms with Crippen LogP contribution in [0.4, 0.5) is 0 Å². The molecule has 0 fully saturated rings. The highest BCUT2D eigenvalue weighted by Gasteiger charge is 1.98. The number of nitrogens with zero attached hydrogens (tertiary/aromatic N) is 1. The zero-order valence-corrected chi connectivity index (χ0v) is 37.3. The maximum Gasteiger partial charge on any atom is 0.0230 e. The summed E-state index contributed by atoms with van der Waals surface area (Å²) in [5, 5.41) is 0. The fourth-order valence-electron chi connectivity index (χ4n) is 2.82. The summed E-state index contributed by atoms with van der Waals surface area (Å²) in [7, 11) is 2.16. The number of hydrogen-bond donors (Lipinski definition) is 0. The van der Waals surface area contributed by atoms with Crippen LogP contribution in [-0.4, -0.2) is 25.0 Å². The Balaban J connectivity index is -0.0000000704. The highest BCUT2D eigenvalue weighted by molar-refractivity contribution is 5.37. The monoisotopic (exact) mass is 662 g/mol. The van der Waals surface area contributed by atoms with Crippen LogP contribution in [0, 0.1) is 0 Å². The lowest BCUT2D eigenvalue weighted by Crippen LogP contribution is -2.21. The summed E-state index contributed by atoms with van der Waals surface area (Å²) in [4.78, 5) is 2.33. The van der Waals surface area contributed by atoms with Gasteiger partial charge in [0, 0.05) is 6.54 Å². The first-order valence-corrected chi connectivity index (χ1v) is 19.5. The zero-order valence-electron chi connectivity index (χ0n) is 37.3. The smallest absolute Gasteiger partial charge is 0.0230 e. The Morgan fingerprint density at radius 3 is 1.23 bits per heavy atom. The van der Waals surface area contributed by atoms with Gasteiger partial charge in [0.15, 0.2) is 0 Å². The highest BCUT2D eigenvalue weighted by Crippen LogP contribution is 2.12. The quantitative estimate of drug-likeness (QED) is 0.108. The van der Waals surface area contributed by atoms with Crippen molar-refractivity contribution >= 4 is 0 Å². The molecule has 1 nitrogen and oxygen atoms in total. The molecule has 0 heterocycles. The lowest BCUT2D eigenvalue weighted by molar-refractivity contribution is 0.365. The first kappa shape index (κ1) is 63.8. The van der Waals surface area contributed by atoms with Crippen molar-refractivity contribution in [2.24, 2.45) is 0 Å². The molecule has 0 radical (unpaired) electrons. The van der Waals surface area contributed by atoms with E-state index in [9.17, 15) is 0 Å². The second-order valence-corrected chi connectivity index (χ2v) is 11.3. The molecule has 284 valence electrons. The third-order valence-corrected chi connectivity index (χ3v) is 6.32. The average Bonchev–Trinajstić information content (AvgIpc) is 3.07. The van der Waals surface area contributed by atoms with Gasteiger partial charge in [-0.1, -0.05) is 188 Å². The molecule has 0 spiro atoms. The van der Waals surface area contributed by atoms with Gasteiger partial charge in [-0.15, -0.1) is 0 Å². The van der Waals surface area contributed by atoms with Crippen LogP contribution in [0.5, 0.6) is 0 Å². The molecule has 0 saturated carbocycles. The van der Waals surface area contributed by atoms with E-state index < -0.39 is 0 Å². The molecule has 0 N–H and O–H groups in total. The van der Waals surface area contributed by atoms with Crippen molar-refractivity contribution < 1.29 is 0 Å². The Morgan fingerprint density at radius 2 is 1.00 bits per heavy atom. The fraction of sp³-hybridized carbons (Fsp3) is 0.696. The van der Waals surface area contributed by atoms with E-state index in [0.717, 1.165) is 31.5 Å². The molecule has 0 amide bonds. The summed E-state index contributed by atoms with van der Waals surface area (Å²) in [5.41, 5.74) is 9.39. The van der Waals surface area contributed by atoms with Crippen molar-refractivity contribution in [3.05, 3.63) is 82.5 Å². The number of rotatable bonds is 13. The Morgan fingerprint density at radius 1 is 0.617 bits per heavy atom. The average molecular weight is 662 g/mol. The minimum absolute atomic E-state index is 0.995. The van der Waals surface area contributed by atoms with Crippen molar-refractivity contribution in [2.75, 3.05) is 20.1 Å². The predicted octanol–water partition coefficient (Wildman–Crippen LogP) is 17.1. The van der Waals surface area contributed by atoms with Gasteiger partial charge in [-0.3, -0.25) is 0 Å². The number of allylic oxidation sites excluding steroid dienone is 10. The molecular formula is C46H95N. The van der Waals surface area contributed by atoms with E-state index in [4.69, 9.17) is 0 Å². The van der Waals surface area contributed by atoms with Crippen LogP contribution in [0.25, 0.3) is 0 Å². The van der Waals surface area contributed by atoms with Gasteiger partial charge in [-0.25, -0.2) is 0 Å². The number of likely N-dealkylation sites (N-methyl/N-ethyl adjacent to an activating group) is 1. The predicted molar refractivity (Wildman–Crippen MR) is 232 cm³/mol. The van der Waals surface area contributed by atoms with Crippen molar-refractivity contribution in [2.45, 2.75) is 197 Å². The maximum absolute atomic E-state index is 3.92. The molecule has 0 atom stereocenters. The number of hydrogen-bond acceptors (Lipinski definition) is 1. The topological polar surface area (TPSA) is 3.24 Å². The van der Waals surface area contributed by atoms with Crippen LogP contribution >= 0.6 is 0 Å². The molecule has 0 aromatic rings. The molecule has 47 heavy (non-hydrogen) atoms. The van der Waals surface area contributed by atoms with Gasteiger partial charge in [-0.05, 0) is 105 Å². The van der Waals surface area contributed by atoms with Gasteiger partial charge in [-0.2, -0.15) is 0 Å². The van der Waals surface area contributed by atoms with Crippen LogP contribution < -0.4 is 0 Å². The molecule has 0 aromatic heterocycles. The lowest BCUT2D eigenvalue weighted by Gasteiger charge is -2.15. The van der Waals surface area contributed by atoms with Gasteiger partial charge in [0.1, 0.15) is 0 Å². The van der Waals surface area contributed by atoms with Gasteiger partial charge >= 0.3 is 0 Å². The van der Waals surface area contributed by atoms with E-state index >= 15 is 0 Å². The van der Waals surface area contributed by atoms with E-state index in [-0.39, 0.29) is 0 Å². The highest BCUT2D eigenvalue weighted by atomic mass is 15.1. The number of unbranched alkanes of at least 4 members (excludes halogenated alkanes) is 3. The van der Waals surface area contributed by atoms with E-state index in [0.29, 0.717) is 0 Å². The van der Waals surface area contributed by atoms with E-state index in [1.54, 1.807) is 0 Å². The lowest BCUT2D eigenvalue weighted by atomic mass is 10.1. The Kier molecular flexibility index (Phi) is 80.8. The Labute approximate surface area is 303 Å². The fourth-order valence-corrected chi connectivity index (χ4v) is 2.82. The second-order valence-electron chi connectivity index (χ2n) is 11.3. The first-order valence-electron chi connectivity index (χ1n) is 19.5. The minimum atomic E-state index is 0.995. The van der Waals surface area contributed by atoms with Gasteiger partial charge in [0.05, 0.1) is 0 Å². The third kappa shape index (κ3) is 67.3. The molecule has 0 rings (SSSR count). The first-order chi connectivity index (χ1) is 22.2. The van der Waals surface area contributed by atoms with Crippen molar-refractivity contribution in [1.29, 1.82) is 0 Å². The molecule has 1 heteroatoms. The SMILES string of the molecule is C=C(/C=C\C)C(C)=C(C)C.C=C/C(=C\C=C(CC)CC)CN(C)CCC.CC.CC.CC.CC(C)=C(C)C.CCC.CCCCCC. The Hall–Kier alpha value is -1.86. The standard InChI is InChI=1S/C15H27N.C10H16.C6H12.C6H14.C3H8.3C2H6/c1-6-12-16(5)13-15(9-4)11-10-14(7-2)8-3;1-6-7-9(4)10(5)8(2)3;1-5(2)6(3)4;1-3-5-6-4-2;1-3-2;3*1-2/h9-11H,4,6-8,12-13H2,1-3,5H3;6-7H,4H2,1-3,5H3;1-4H3;3-6H2,1-2H3;3H2,1-2H3;3*1-2H3/b15-11+;7-6-;;;;;;. The van der Waals surface area contributed by atoms with Crippen molar-refractivity contribution in [1.82, 2.24) is 4.90 Å². The summed E-state index contributed by atoms with van der Waals surface area (Å²) >= 11 is 0. The van der Waals surface area contributed by atoms with Crippen molar-refractivity contribution in [3.8, 4) is 0 Å². The van der Waals surface area contributed by atoms with Gasteiger partial charge in [0.25, 0.3) is 0 Å². The normalized spacial score (nSPS) is 9.04. The van der Waals surface area contributed by atoms with E-state index in [1.807, 2.05) is 66.7 Å². The molecule has 0 bridgehead atoms. The van der Waals surface area contributed by atoms with E-state index in [2.05, 4.69) is 134 Å². The zero-order chi connectivity index (χ0) is 39.2. The summed E-state index contributed by atoms with van der Waals surface area (Å²) in [5.74, 6) is 0. The molecule has 0 unspecified atom stereocenters. The van der Waals surface area contributed by atoms with E-state index in [1.165, 1.54) is 72.0 Å². The summed E-state index contributed by atoms with van der Waals surface area (Å²) < 4.78 is 0. The molecule has 0 aliphatic heterocycles. The van der Waals surface area contributed by atoms with Gasteiger partial charge < -0.3 is 4.90 Å². The van der Waals surface area contributed by atoms with Crippen LogP contribution in [0.2, 0.25) is 0 Å². The molecule has 0 aromatic carbocycles. The van der Waals surface area contributed by atoms with Crippen LogP contribution in [0.15, 0.2) is 82.5 Å². The largest absolute Gasteiger partial charge is 0.302 e. The summed E-state index contributed by atoms with van der Waals surface area (Å²) in [6, 6.07) is 0. The maximum atomic E-state index is 3.92. The van der Waals surface area contributed by atoms with Crippen LogP contribution in [0.1, 0.15) is 197 Å². The second kappa shape index (κ2) is 59.6. The molecule has 0 saturated heterocycles. The third-order valence-electron chi connectivity index (χ3n) is 6.32. The van der Waals surface area contributed by atoms with Crippen molar-refractivity contribution in [3.63, 3.8) is 0 Å².